The summed E-state index contributed by atoms with van der Waals surface area (Å²) in [5.41, 5.74) is 3.20. The highest BCUT2D eigenvalue weighted by atomic mass is 16.5. The van der Waals surface area contributed by atoms with Crippen molar-refractivity contribution in [2.45, 2.75) is 13.5 Å². The number of ether oxygens (including phenoxy) is 2. The fourth-order valence-electron chi connectivity index (χ4n) is 2.55. The second-order valence-corrected chi connectivity index (χ2v) is 5.71. The molecule has 0 atom stereocenters. The number of hydrogen-bond acceptors (Lipinski definition) is 5. The molecule has 0 radical (unpaired) electrons. The topological polar surface area (TPSA) is 75.5 Å². The first-order valence-corrected chi connectivity index (χ1v) is 8.12. The molecule has 6 heteroatoms. The van der Waals surface area contributed by atoms with Crippen LogP contribution in [0, 0.1) is 5.41 Å². The van der Waals surface area contributed by atoms with E-state index in [1.54, 1.807) is 30.3 Å². The number of benzene rings is 1. The van der Waals surface area contributed by atoms with Crippen LogP contribution in [0.4, 0.5) is 0 Å². The zero-order valence-electron chi connectivity index (χ0n) is 15.4. The molecule has 0 aliphatic heterocycles. The highest BCUT2D eigenvalue weighted by molar-refractivity contribution is 5.90. The van der Waals surface area contributed by atoms with Crippen LogP contribution in [0.5, 0.6) is 11.6 Å². The Morgan fingerprint density at radius 1 is 1.23 bits per heavy atom. The Hall–Kier alpha value is -3.15. The number of nitrogens with one attached hydrogen (secondary N) is 1. The van der Waals surface area contributed by atoms with Gasteiger partial charge in [-0.3, -0.25) is 10.2 Å². The number of carbonyl (C=O) groups is 1. The first kappa shape index (κ1) is 19.2. The van der Waals surface area contributed by atoms with Crippen molar-refractivity contribution in [2.24, 2.45) is 0 Å². The van der Waals surface area contributed by atoms with Crippen molar-refractivity contribution in [3.8, 4) is 22.8 Å². The fourth-order valence-corrected chi connectivity index (χ4v) is 2.55. The van der Waals surface area contributed by atoms with Gasteiger partial charge in [0.15, 0.2) is 5.75 Å². The summed E-state index contributed by atoms with van der Waals surface area (Å²) in [6, 6.07) is 7.43. The van der Waals surface area contributed by atoms with Crippen LogP contribution in [0.15, 0.2) is 42.6 Å². The molecule has 0 saturated carbocycles. The Bertz CT molecular complexity index is 831. The summed E-state index contributed by atoms with van der Waals surface area (Å²) in [4.78, 5) is 17.4. The van der Waals surface area contributed by atoms with Gasteiger partial charge in [0, 0.05) is 30.9 Å². The van der Waals surface area contributed by atoms with Gasteiger partial charge in [0.05, 0.1) is 14.2 Å². The van der Waals surface area contributed by atoms with E-state index in [9.17, 15) is 4.79 Å². The van der Waals surface area contributed by atoms with Crippen molar-refractivity contribution in [1.82, 2.24) is 9.88 Å². The first-order valence-electron chi connectivity index (χ1n) is 8.12. The van der Waals surface area contributed by atoms with Crippen LogP contribution in [0.2, 0.25) is 0 Å². The lowest BCUT2D eigenvalue weighted by Gasteiger charge is -2.19. The van der Waals surface area contributed by atoms with E-state index < -0.39 is 0 Å². The SMILES string of the molecule is C/C=C\C(=N)N(C)Cc1cc(-c2cnc(OC)c(OC)c2)ccc1C=O. The minimum atomic E-state index is 0.377. The molecule has 1 aromatic heterocycles. The number of aromatic nitrogens is 1. The van der Waals surface area contributed by atoms with E-state index in [0.29, 0.717) is 29.6 Å². The average Bonchev–Trinajstić information content (AvgIpc) is 2.67. The van der Waals surface area contributed by atoms with Gasteiger partial charge in [-0.25, -0.2) is 4.98 Å². The van der Waals surface area contributed by atoms with Crippen LogP contribution in [0.25, 0.3) is 11.1 Å². The monoisotopic (exact) mass is 353 g/mol. The smallest absolute Gasteiger partial charge is 0.256 e. The maximum absolute atomic E-state index is 11.4. The van der Waals surface area contributed by atoms with Crippen LogP contribution in [-0.4, -0.2) is 43.3 Å². The minimum absolute atomic E-state index is 0.377. The predicted molar refractivity (Wildman–Crippen MR) is 102 cm³/mol. The van der Waals surface area contributed by atoms with Gasteiger partial charge in [-0.15, -0.1) is 0 Å². The van der Waals surface area contributed by atoms with E-state index in [4.69, 9.17) is 14.9 Å². The molecule has 0 saturated heterocycles. The quantitative estimate of drug-likeness (QED) is 0.468. The second-order valence-electron chi connectivity index (χ2n) is 5.71. The number of allylic oxidation sites excluding steroid dienone is 1. The number of methoxy groups -OCH3 is 2. The summed E-state index contributed by atoms with van der Waals surface area (Å²) in [6.07, 6.45) is 6.06. The van der Waals surface area contributed by atoms with E-state index in [-0.39, 0.29) is 0 Å². The number of likely N-dealkylation sites (N-methyl/N-ethyl adjacent to an activating group) is 1. The van der Waals surface area contributed by atoms with Crippen molar-refractivity contribution in [3.05, 3.63) is 53.7 Å². The first-order chi connectivity index (χ1) is 12.5. The third-order valence-corrected chi connectivity index (χ3v) is 3.98. The summed E-state index contributed by atoms with van der Waals surface area (Å²) in [5.74, 6) is 1.33. The van der Waals surface area contributed by atoms with Gasteiger partial charge in [-0.1, -0.05) is 18.2 Å². The molecule has 1 aromatic carbocycles. The number of amidine groups is 1. The molecule has 0 spiro atoms. The molecule has 1 heterocycles. The van der Waals surface area contributed by atoms with E-state index in [0.717, 1.165) is 23.0 Å². The Kier molecular flexibility index (Phi) is 6.49. The molecular weight excluding hydrogens is 330 g/mol. The number of carbonyl (C=O) groups excluding carboxylic acids is 1. The zero-order chi connectivity index (χ0) is 19.1. The molecule has 0 fully saturated rings. The molecule has 0 amide bonds. The van der Waals surface area contributed by atoms with Gasteiger partial charge in [0.2, 0.25) is 0 Å². The van der Waals surface area contributed by atoms with Gasteiger partial charge in [0.25, 0.3) is 5.88 Å². The largest absolute Gasteiger partial charge is 0.491 e. The lowest BCUT2D eigenvalue weighted by atomic mass is 10.00. The molecule has 2 aromatic rings. The van der Waals surface area contributed by atoms with Crippen LogP contribution in [-0.2, 0) is 6.54 Å². The molecular formula is C20H23N3O3. The van der Waals surface area contributed by atoms with E-state index in [1.165, 1.54) is 7.11 Å². The van der Waals surface area contributed by atoms with Crippen molar-refractivity contribution in [1.29, 1.82) is 5.41 Å². The Morgan fingerprint density at radius 3 is 2.62 bits per heavy atom. The number of pyridine rings is 1. The molecule has 136 valence electrons. The molecule has 0 unspecified atom stereocenters. The average molecular weight is 353 g/mol. The summed E-state index contributed by atoms with van der Waals surface area (Å²) in [7, 11) is 4.92. The fraction of sp³-hybridized carbons (Fsp3) is 0.250. The number of aldehydes is 1. The Morgan fingerprint density at radius 2 is 2.00 bits per heavy atom. The molecule has 26 heavy (non-hydrogen) atoms. The zero-order valence-corrected chi connectivity index (χ0v) is 15.4. The van der Waals surface area contributed by atoms with Crippen molar-refractivity contribution in [3.63, 3.8) is 0 Å². The van der Waals surface area contributed by atoms with Crippen molar-refractivity contribution >= 4 is 12.1 Å². The molecule has 6 nitrogen and oxygen atoms in total. The lowest BCUT2D eigenvalue weighted by Crippen LogP contribution is -2.24. The van der Waals surface area contributed by atoms with Crippen molar-refractivity contribution < 1.29 is 14.3 Å². The van der Waals surface area contributed by atoms with Gasteiger partial charge >= 0.3 is 0 Å². The third-order valence-electron chi connectivity index (χ3n) is 3.98. The summed E-state index contributed by atoms with van der Waals surface area (Å²) in [6.45, 7) is 2.32. The Labute approximate surface area is 153 Å². The normalized spacial score (nSPS) is 10.6. The van der Waals surface area contributed by atoms with Crippen LogP contribution in [0.3, 0.4) is 0 Å². The van der Waals surface area contributed by atoms with Gasteiger partial charge < -0.3 is 14.4 Å². The maximum atomic E-state index is 11.4. The number of rotatable bonds is 7. The summed E-state index contributed by atoms with van der Waals surface area (Å²) in [5, 5.41) is 8.00. The second kappa shape index (κ2) is 8.80. The molecule has 0 aliphatic carbocycles. The summed E-state index contributed by atoms with van der Waals surface area (Å²) >= 11 is 0. The van der Waals surface area contributed by atoms with E-state index in [2.05, 4.69) is 4.98 Å². The number of nitrogens with zero attached hydrogens (tertiary/aromatic N) is 2. The highest BCUT2D eigenvalue weighted by Crippen LogP contribution is 2.30. The van der Waals surface area contributed by atoms with Gasteiger partial charge in [-0.2, -0.15) is 0 Å². The Balaban J connectivity index is 2.40. The van der Waals surface area contributed by atoms with Gasteiger partial charge in [-0.05, 0) is 36.3 Å². The molecule has 0 bridgehead atoms. The van der Waals surface area contributed by atoms with Crippen LogP contribution in [0.1, 0.15) is 22.8 Å². The van der Waals surface area contributed by atoms with E-state index >= 15 is 0 Å². The lowest BCUT2D eigenvalue weighted by molar-refractivity contribution is 0.112. The maximum Gasteiger partial charge on any atom is 0.256 e. The van der Waals surface area contributed by atoms with Gasteiger partial charge in [0.1, 0.15) is 12.1 Å². The minimum Gasteiger partial charge on any atom is -0.491 e. The van der Waals surface area contributed by atoms with Crippen LogP contribution >= 0.6 is 0 Å². The molecule has 2 rings (SSSR count). The van der Waals surface area contributed by atoms with Crippen LogP contribution < -0.4 is 9.47 Å². The molecule has 0 aliphatic rings. The number of hydrogen-bond donors (Lipinski definition) is 1. The predicted octanol–water partition coefficient (Wildman–Crippen LogP) is 3.56. The highest BCUT2D eigenvalue weighted by Gasteiger charge is 2.12. The molecule has 1 N–H and O–H groups in total. The standard InChI is InChI=1S/C20H23N3O3/c1-5-6-19(21)23(2)12-17-9-14(7-8-15(17)13-24)16-10-18(25-3)20(26-4)22-11-16/h5-11,13,21H,12H2,1-4H3/b6-5-,21-19?. The van der Waals surface area contributed by atoms with E-state index in [1.807, 2.05) is 38.2 Å². The third kappa shape index (κ3) is 4.27. The van der Waals surface area contributed by atoms with Crippen molar-refractivity contribution in [2.75, 3.05) is 21.3 Å². The summed E-state index contributed by atoms with van der Waals surface area (Å²) < 4.78 is 10.5.